The lowest BCUT2D eigenvalue weighted by molar-refractivity contribution is -0.00130. The second kappa shape index (κ2) is 8.57. The van der Waals surface area contributed by atoms with Gasteiger partial charge >= 0.3 is 0 Å². The molecule has 1 fully saturated rings. The van der Waals surface area contributed by atoms with E-state index in [2.05, 4.69) is 5.10 Å². The number of carbonyl (C=O) groups excluding carboxylic acids is 1. The first-order valence-corrected chi connectivity index (χ1v) is 9.85. The zero-order valence-electron chi connectivity index (χ0n) is 16.4. The number of amides is 1. The molecule has 4 rings (SSSR count). The molecule has 0 saturated carbocycles. The van der Waals surface area contributed by atoms with Gasteiger partial charge in [-0.05, 0) is 18.9 Å². The summed E-state index contributed by atoms with van der Waals surface area (Å²) < 4.78 is 21.4. The summed E-state index contributed by atoms with van der Waals surface area (Å²) in [5, 5.41) is 4.30. The van der Waals surface area contributed by atoms with Crippen molar-refractivity contribution in [2.75, 3.05) is 13.1 Å². The molecule has 0 aliphatic carbocycles. The Balaban J connectivity index is 1.38. The van der Waals surface area contributed by atoms with E-state index in [-0.39, 0.29) is 24.4 Å². The number of piperidine rings is 1. The van der Waals surface area contributed by atoms with Crippen molar-refractivity contribution in [1.29, 1.82) is 0 Å². The molecule has 2 aromatic carbocycles. The maximum atomic E-state index is 13.7. The van der Waals surface area contributed by atoms with Gasteiger partial charge in [0.1, 0.15) is 5.82 Å². The monoisotopic (exact) mass is 393 g/mol. The summed E-state index contributed by atoms with van der Waals surface area (Å²) in [6.45, 7) is 1.49. The molecule has 1 amide bonds. The molecule has 150 valence electrons. The quantitative estimate of drug-likeness (QED) is 0.657. The second-order valence-corrected chi connectivity index (χ2v) is 7.29. The van der Waals surface area contributed by atoms with Crippen LogP contribution in [0.4, 0.5) is 4.39 Å². The van der Waals surface area contributed by atoms with Gasteiger partial charge < -0.3 is 9.64 Å². The first-order chi connectivity index (χ1) is 14.1. The Morgan fingerprint density at radius 3 is 2.52 bits per heavy atom. The number of halogens is 1. The Bertz CT molecular complexity index is 979. The number of hydrogen-bond donors (Lipinski definition) is 0. The lowest BCUT2D eigenvalue weighted by Gasteiger charge is -2.32. The van der Waals surface area contributed by atoms with Gasteiger partial charge in [-0.3, -0.25) is 9.48 Å². The summed E-state index contributed by atoms with van der Waals surface area (Å²) >= 11 is 0. The SMILES string of the molecule is Cn1ncc(C(=O)N2CCC(OCc3ccccc3F)CC2)c1-c1ccccc1. The highest BCUT2D eigenvalue weighted by Crippen LogP contribution is 2.26. The summed E-state index contributed by atoms with van der Waals surface area (Å²) in [5.74, 6) is -0.255. The van der Waals surface area contributed by atoms with E-state index in [0.29, 0.717) is 24.2 Å². The van der Waals surface area contributed by atoms with E-state index in [9.17, 15) is 9.18 Å². The second-order valence-electron chi connectivity index (χ2n) is 7.29. The van der Waals surface area contributed by atoms with Crippen LogP contribution in [0.25, 0.3) is 11.3 Å². The van der Waals surface area contributed by atoms with E-state index < -0.39 is 0 Å². The zero-order valence-corrected chi connectivity index (χ0v) is 16.4. The standard InChI is InChI=1S/C23H24FN3O2/c1-26-22(17-7-3-2-4-8-17)20(15-25-26)23(28)27-13-11-19(12-14-27)29-16-18-9-5-6-10-21(18)24/h2-10,15,19H,11-14,16H2,1H3. The number of carbonyl (C=O) groups is 1. The van der Waals surface area contributed by atoms with Crippen LogP contribution in [-0.2, 0) is 18.4 Å². The minimum Gasteiger partial charge on any atom is -0.373 e. The van der Waals surface area contributed by atoms with Gasteiger partial charge in [0, 0.05) is 31.3 Å². The topological polar surface area (TPSA) is 47.4 Å². The van der Waals surface area contributed by atoms with Crippen molar-refractivity contribution in [3.8, 4) is 11.3 Å². The molecule has 0 atom stereocenters. The largest absolute Gasteiger partial charge is 0.373 e. The number of ether oxygens (including phenoxy) is 1. The van der Waals surface area contributed by atoms with E-state index in [1.54, 1.807) is 29.1 Å². The van der Waals surface area contributed by atoms with Crippen LogP contribution in [0.5, 0.6) is 0 Å². The fraction of sp³-hybridized carbons (Fsp3) is 0.304. The fourth-order valence-corrected chi connectivity index (χ4v) is 3.75. The Labute approximate surface area is 169 Å². The molecule has 0 unspecified atom stereocenters. The van der Waals surface area contributed by atoms with Crippen molar-refractivity contribution in [2.45, 2.75) is 25.6 Å². The van der Waals surface area contributed by atoms with E-state index in [1.807, 2.05) is 42.3 Å². The van der Waals surface area contributed by atoms with Crippen LogP contribution in [0.1, 0.15) is 28.8 Å². The first kappa shape index (κ1) is 19.3. The summed E-state index contributed by atoms with van der Waals surface area (Å²) in [6.07, 6.45) is 3.15. The molecular formula is C23H24FN3O2. The lowest BCUT2D eigenvalue weighted by atomic mass is 10.0. The van der Waals surface area contributed by atoms with Gasteiger partial charge in [-0.2, -0.15) is 5.10 Å². The highest BCUT2D eigenvalue weighted by Gasteiger charge is 2.27. The third kappa shape index (κ3) is 4.22. The van der Waals surface area contributed by atoms with Gasteiger partial charge in [-0.25, -0.2) is 4.39 Å². The van der Waals surface area contributed by atoms with Gasteiger partial charge in [0.05, 0.1) is 30.2 Å². The number of aryl methyl sites for hydroxylation is 1. The molecule has 1 aliphatic rings. The third-order valence-corrected chi connectivity index (χ3v) is 5.38. The van der Waals surface area contributed by atoms with Crippen molar-refractivity contribution in [3.05, 3.63) is 77.7 Å². The molecule has 2 heterocycles. The van der Waals surface area contributed by atoms with Crippen LogP contribution in [0.2, 0.25) is 0 Å². The van der Waals surface area contributed by atoms with E-state index in [0.717, 1.165) is 24.1 Å². The van der Waals surface area contributed by atoms with Crippen LogP contribution in [0.15, 0.2) is 60.8 Å². The highest BCUT2D eigenvalue weighted by atomic mass is 19.1. The third-order valence-electron chi connectivity index (χ3n) is 5.38. The smallest absolute Gasteiger partial charge is 0.257 e. The minimum absolute atomic E-state index is 0.00972. The van der Waals surface area contributed by atoms with Crippen LogP contribution >= 0.6 is 0 Å². The molecule has 5 nitrogen and oxygen atoms in total. The average molecular weight is 393 g/mol. The highest BCUT2D eigenvalue weighted by molar-refractivity contribution is 6.00. The summed E-state index contributed by atoms with van der Waals surface area (Å²) in [4.78, 5) is 15.0. The number of nitrogens with zero attached hydrogens (tertiary/aromatic N) is 3. The van der Waals surface area contributed by atoms with E-state index in [4.69, 9.17) is 4.74 Å². The van der Waals surface area contributed by atoms with Gasteiger partial charge in [0.2, 0.25) is 0 Å². The molecular weight excluding hydrogens is 369 g/mol. The molecule has 6 heteroatoms. The van der Waals surface area contributed by atoms with Crippen molar-refractivity contribution < 1.29 is 13.9 Å². The van der Waals surface area contributed by atoms with Gasteiger partial charge in [0.15, 0.2) is 0 Å². The number of aromatic nitrogens is 2. The average Bonchev–Trinajstić information content (AvgIpc) is 3.15. The summed E-state index contributed by atoms with van der Waals surface area (Å²) in [6, 6.07) is 16.5. The van der Waals surface area contributed by atoms with Crippen molar-refractivity contribution in [1.82, 2.24) is 14.7 Å². The maximum absolute atomic E-state index is 13.7. The number of rotatable bonds is 5. The van der Waals surface area contributed by atoms with Crippen LogP contribution < -0.4 is 0 Å². The van der Waals surface area contributed by atoms with E-state index >= 15 is 0 Å². The predicted molar refractivity (Wildman–Crippen MR) is 109 cm³/mol. The van der Waals surface area contributed by atoms with Crippen LogP contribution in [0.3, 0.4) is 0 Å². The molecule has 29 heavy (non-hydrogen) atoms. The van der Waals surface area contributed by atoms with Gasteiger partial charge in [-0.1, -0.05) is 48.5 Å². The number of benzene rings is 2. The summed E-state index contributed by atoms with van der Waals surface area (Å²) in [5.41, 5.74) is 2.98. The molecule has 0 radical (unpaired) electrons. The predicted octanol–water partition coefficient (Wildman–Crippen LogP) is 4.05. The molecule has 0 bridgehead atoms. The van der Waals surface area contributed by atoms with Crippen molar-refractivity contribution in [3.63, 3.8) is 0 Å². The zero-order chi connectivity index (χ0) is 20.2. The van der Waals surface area contributed by atoms with Crippen molar-refractivity contribution in [2.24, 2.45) is 7.05 Å². The molecule has 1 saturated heterocycles. The fourth-order valence-electron chi connectivity index (χ4n) is 3.75. The van der Waals surface area contributed by atoms with Crippen molar-refractivity contribution >= 4 is 5.91 Å². The Kier molecular flexibility index (Phi) is 5.71. The Morgan fingerprint density at radius 2 is 1.79 bits per heavy atom. The minimum atomic E-state index is -0.245. The maximum Gasteiger partial charge on any atom is 0.257 e. The molecule has 0 spiro atoms. The van der Waals surface area contributed by atoms with Gasteiger partial charge in [-0.15, -0.1) is 0 Å². The molecule has 0 N–H and O–H groups in total. The first-order valence-electron chi connectivity index (χ1n) is 9.85. The van der Waals surface area contributed by atoms with Gasteiger partial charge in [0.25, 0.3) is 5.91 Å². The molecule has 1 aliphatic heterocycles. The molecule has 1 aromatic heterocycles. The number of hydrogen-bond acceptors (Lipinski definition) is 3. The number of likely N-dealkylation sites (tertiary alicyclic amines) is 1. The Morgan fingerprint density at radius 1 is 1.10 bits per heavy atom. The summed E-state index contributed by atoms with van der Waals surface area (Å²) in [7, 11) is 1.85. The van der Waals surface area contributed by atoms with Crippen LogP contribution in [-0.4, -0.2) is 39.8 Å². The van der Waals surface area contributed by atoms with E-state index in [1.165, 1.54) is 6.07 Å². The Hall–Kier alpha value is -2.99. The van der Waals surface area contributed by atoms with Crippen LogP contribution in [0, 0.1) is 5.82 Å². The molecule has 3 aromatic rings. The normalized spacial score (nSPS) is 14.9. The lowest BCUT2D eigenvalue weighted by Crippen LogP contribution is -2.41.